The van der Waals surface area contributed by atoms with E-state index in [2.05, 4.69) is 22.0 Å². The van der Waals surface area contributed by atoms with Crippen LogP contribution in [0.1, 0.15) is 29.6 Å². The number of nitrogens with one attached hydrogen (secondary N) is 2. The molecule has 152 valence electrons. The minimum absolute atomic E-state index is 0.0491. The van der Waals surface area contributed by atoms with Crippen LogP contribution in [0.25, 0.3) is 10.2 Å². The standard InChI is InChI=1S/C22H26N4O2S/c1-2-28-17-8-4-3-7-16(17)26-12-10-25(11-13-26)14-19-23-21(27)20-15-6-5-9-18(15)29-22(20)24-19/h3-4,7-8H,2,5-6,9-14H2,1H3,(H,23,24,27)/p+1. The zero-order valence-electron chi connectivity index (χ0n) is 16.8. The SMILES string of the molecule is CCOc1ccccc1N1CC[NH+](Cc2nc3sc4c(c3c(=O)[nH]2)CCC4)CC1. The number of aromatic amines is 1. The summed E-state index contributed by atoms with van der Waals surface area (Å²) in [4.78, 5) is 26.7. The van der Waals surface area contributed by atoms with Crippen LogP contribution in [-0.2, 0) is 19.4 Å². The van der Waals surface area contributed by atoms with Gasteiger partial charge in [0.2, 0.25) is 0 Å². The van der Waals surface area contributed by atoms with Crippen LogP contribution in [-0.4, -0.2) is 42.8 Å². The van der Waals surface area contributed by atoms with Crippen LogP contribution in [0.3, 0.4) is 0 Å². The number of ether oxygens (including phenoxy) is 1. The third kappa shape index (κ3) is 3.53. The Morgan fingerprint density at radius 1 is 1.24 bits per heavy atom. The summed E-state index contributed by atoms with van der Waals surface area (Å²) in [5.74, 6) is 1.78. The number of aryl methyl sites for hydroxylation is 2. The first-order valence-corrected chi connectivity index (χ1v) is 11.4. The molecule has 2 N–H and O–H groups in total. The van der Waals surface area contributed by atoms with E-state index in [0.717, 1.165) is 67.4 Å². The third-order valence-corrected chi connectivity index (χ3v) is 7.20. The van der Waals surface area contributed by atoms with E-state index in [1.807, 2.05) is 19.1 Å². The molecule has 6 nitrogen and oxygen atoms in total. The molecule has 0 amide bonds. The summed E-state index contributed by atoms with van der Waals surface area (Å²) in [7, 11) is 0. The van der Waals surface area contributed by atoms with Gasteiger partial charge in [0.1, 0.15) is 17.1 Å². The fourth-order valence-electron chi connectivity index (χ4n) is 4.60. The molecule has 2 aromatic heterocycles. The highest BCUT2D eigenvalue weighted by atomic mass is 32.1. The molecule has 2 aliphatic rings. The first-order valence-electron chi connectivity index (χ1n) is 10.6. The molecule has 0 bridgehead atoms. The summed E-state index contributed by atoms with van der Waals surface area (Å²) in [6.07, 6.45) is 3.29. The Balaban J connectivity index is 1.28. The van der Waals surface area contributed by atoms with Crippen molar-refractivity contribution in [3.63, 3.8) is 0 Å². The van der Waals surface area contributed by atoms with Gasteiger partial charge in [0.15, 0.2) is 5.82 Å². The average molecular weight is 412 g/mol. The van der Waals surface area contributed by atoms with Gasteiger partial charge in [-0.2, -0.15) is 0 Å². The first kappa shape index (κ1) is 18.6. The van der Waals surface area contributed by atoms with Crippen molar-refractivity contribution in [2.75, 3.05) is 37.7 Å². The number of hydrogen-bond donors (Lipinski definition) is 2. The number of quaternary nitrogens is 1. The Morgan fingerprint density at radius 3 is 2.90 bits per heavy atom. The highest BCUT2D eigenvalue weighted by Gasteiger charge is 2.25. The summed E-state index contributed by atoms with van der Waals surface area (Å²) >= 11 is 1.72. The molecule has 1 saturated heterocycles. The number of hydrogen-bond acceptors (Lipinski definition) is 5. The molecule has 0 saturated carbocycles. The summed E-state index contributed by atoms with van der Waals surface area (Å²) in [6, 6.07) is 8.27. The summed E-state index contributed by atoms with van der Waals surface area (Å²) < 4.78 is 5.80. The van der Waals surface area contributed by atoms with Crippen molar-refractivity contribution in [1.29, 1.82) is 0 Å². The lowest BCUT2D eigenvalue weighted by Crippen LogP contribution is -3.13. The summed E-state index contributed by atoms with van der Waals surface area (Å²) in [5, 5.41) is 0.846. The quantitative estimate of drug-likeness (QED) is 0.672. The van der Waals surface area contributed by atoms with E-state index in [4.69, 9.17) is 9.72 Å². The van der Waals surface area contributed by atoms with Gasteiger partial charge in [-0.05, 0) is 43.9 Å². The largest absolute Gasteiger partial charge is 0.492 e. The molecular formula is C22H27N4O2S+. The lowest BCUT2D eigenvalue weighted by Gasteiger charge is -2.34. The van der Waals surface area contributed by atoms with Crippen LogP contribution >= 0.6 is 11.3 Å². The average Bonchev–Trinajstić information content (AvgIpc) is 3.30. The van der Waals surface area contributed by atoms with Crippen LogP contribution in [0, 0.1) is 0 Å². The monoisotopic (exact) mass is 411 g/mol. The predicted octanol–water partition coefficient (Wildman–Crippen LogP) is 1.78. The molecule has 5 rings (SSSR count). The minimum atomic E-state index is 0.0491. The zero-order valence-corrected chi connectivity index (χ0v) is 17.6. The maximum absolute atomic E-state index is 12.7. The fourth-order valence-corrected chi connectivity index (χ4v) is 5.88. The van der Waals surface area contributed by atoms with E-state index in [9.17, 15) is 4.79 Å². The van der Waals surface area contributed by atoms with Crippen LogP contribution in [0.4, 0.5) is 5.69 Å². The number of H-pyrrole nitrogens is 1. The summed E-state index contributed by atoms with van der Waals surface area (Å²) in [5.41, 5.74) is 2.47. The number of aromatic nitrogens is 2. The van der Waals surface area contributed by atoms with Crippen LogP contribution in [0.2, 0.25) is 0 Å². The Bertz CT molecular complexity index is 1080. The molecule has 1 fully saturated rings. The number of anilines is 1. The number of para-hydroxylation sites is 2. The van der Waals surface area contributed by atoms with E-state index in [0.29, 0.717) is 6.61 Å². The number of fused-ring (bicyclic) bond motifs is 3. The number of benzene rings is 1. The minimum Gasteiger partial charge on any atom is -0.492 e. The highest BCUT2D eigenvalue weighted by Crippen LogP contribution is 2.34. The van der Waals surface area contributed by atoms with Crippen LogP contribution < -0.4 is 20.1 Å². The molecule has 0 spiro atoms. The van der Waals surface area contributed by atoms with E-state index < -0.39 is 0 Å². The number of thiophene rings is 1. The van der Waals surface area contributed by atoms with E-state index in [1.54, 1.807) is 11.3 Å². The predicted molar refractivity (Wildman–Crippen MR) is 116 cm³/mol. The second kappa shape index (κ2) is 7.80. The van der Waals surface area contributed by atoms with Gasteiger partial charge < -0.3 is 19.5 Å². The molecule has 1 aliphatic heterocycles. The van der Waals surface area contributed by atoms with Gasteiger partial charge >= 0.3 is 0 Å². The third-order valence-electron chi connectivity index (χ3n) is 6.02. The molecule has 3 aromatic rings. The topological polar surface area (TPSA) is 62.7 Å². The van der Waals surface area contributed by atoms with Crippen molar-refractivity contribution in [3.8, 4) is 5.75 Å². The van der Waals surface area contributed by atoms with Crippen molar-refractivity contribution in [3.05, 3.63) is 50.9 Å². The van der Waals surface area contributed by atoms with Crippen LogP contribution in [0.15, 0.2) is 29.1 Å². The zero-order chi connectivity index (χ0) is 19.8. The second-order valence-electron chi connectivity index (χ2n) is 7.86. The smallest absolute Gasteiger partial charge is 0.260 e. The molecule has 1 aliphatic carbocycles. The summed E-state index contributed by atoms with van der Waals surface area (Å²) in [6.45, 7) is 7.45. The molecule has 3 heterocycles. The molecule has 1 aromatic carbocycles. The van der Waals surface area contributed by atoms with Gasteiger partial charge in [0, 0.05) is 4.88 Å². The molecule has 0 atom stereocenters. The molecule has 29 heavy (non-hydrogen) atoms. The van der Waals surface area contributed by atoms with E-state index in [-0.39, 0.29) is 5.56 Å². The highest BCUT2D eigenvalue weighted by molar-refractivity contribution is 7.18. The number of rotatable bonds is 5. The molecule has 7 heteroatoms. The Hall–Kier alpha value is -2.38. The first-order chi connectivity index (χ1) is 14.2. The Morgan fingerprint density at radius 2 is 2.07 bits per heavy atom. The Kier molecular flexibility index (Phi) is 5.01. The van der Waals surface area contributed by atoms with Gasteiger partial charge in [-0.15, -0.1) is 11.3 Å². The van der Waals surface area contributed by atoms with Gasteiger partial charge in [-0.3, -0.25) is 4.79 Å². The van der Waals surface area contributed by atoms with Crippen molar-refractivity contribution in [2.45, 2.75) is 32.7 Å². The van der Waals surface area contributed by atoms with Crippen molar-refractivity contribution in [1.82, 2.24) is 9.97 Å². The fraction of sp³-hybridized carbons (Fsp3) is 0.455. The maximum atomic E-state index is 12.7. The Labute approximate surface area is 174 Å². The van der Waals surface area contributed by atoms with Gasteiger partial charge in [-0.1, -0.05) is 12.1 Å². The van der Waals surface area contributed by atoms with Crippen molar-refractivity contribution < 1.29 is 9.64 Å². The van der Waals surface area contributed by atoms with E-state index >= 15 is 0 Å². The van der Waals surface area contributed by atoms with Crippen molar-refractivity contribution >= 4 is 27.2 Å². The van der Waals surface area contributed by atoms with E-state index in [1.165, 1.54) is 27.4 Å². The molecular weight excluding hydrogens is 384 g/mol. The number of nitrogens with zero attached hydrogens (tertiary/aromatic N) is 2. The number of piperazine rings is 1. The lowest BCUT2D eigenvalue weighted by molar-refractivity contribution is -0.915. The molecule has 0 unspecified atom stereocenters. The van der Waals surface area contributed by atoms with Gasteiger partial charge in [-0.25, -0.2) is 4.98 Å². The molecule has 0 radical (unpaired) electrons. The second-order valence-corrected chi connectivity index (χ2v) is 8.95. The maximum Gasteiger partial charge on any atom is 0.260 e. The van der Waals surface area contributed by atoms with Crippen molar-refractivity contribution in [2.24, 2.45) is 0 Å². The normalized spacial score (nSPS) is 17.1. The lowest BCUT2D eigenvalue weighted by atomic mass is 10.2. The van der Waals surface area contributed by atoms with Crippen LogP contribution in [0.5, 0.6) is 5.75 Å². The van der Waals surface area contributed by atoms with Gasteiger partial charge in [0.25, 0.3) is 5.56 Å². The van der Waals surface area contributed by atoms with Gasteiger partial charge in [0.05, 0.1) is 43.9 Å².